The number of nitrogens with one attached hydrogen (secondary N) is 1. The van der Waals surface area contributed by atoms with Crippen LogP contribution in [0.2, 0.25) is 0 Å². The highest BCUT2D eigenvalue weighted by Gasteiger charge is 2.38. The first kappa shape index (κ1) is 14.6. The van der Waals surface area contributed by atoms with Gasteiger partial charge in [-0.25, -0.2) is 0 Å². The molecule has 2 bridgehead atoms. The number of furan rings is 1. The molecule has 1 amide bonds. The number of hydrogen-bond acceptors (Lipinski definition) is 3. The summed E-state index contributed by atoms with van der Waals surface area (Å²) in [5.74, 6) is 1.76. The van der Waals surface area contributed by atoms with Gasteiger partial charge in [0.1, 0.15) is 11.5 Å². The Kier molecular flexibility index (Phi) is 3.82. The maximum absolute atomic E-state index is 13.0. The fraction of sp³-hybridized carbons (Fsp3) is 0.706. The van der Waals surface area contributed by atoms with Gasteiger partial charge in [0, 0.05) is 30.2 Å². The summed E-state index contributed by atoms with van der Waals surface area (Å²) in [6.07, 6.45) is 4.70. The molecule has 0 saturated carbocycles. The van der Waals surface area contributed by atoms with E-state index in [1.165, 1.54) is 12.8 Å². The number of carbonyl (C=O) groups is 1. The summed E-state index contributed by atoms with van der Waals surface area (Å²) in [6, 6.07) is 1.57. The molecule has 4 nitrogen and oxygen atoms in total. The van der Waals surface area contributed by atoms with Crippen molar-refractivity contribution in [3.8, 4) is 0 Å². The van der Waals surface area contributed by atoms with Crippen molar-refractivity contribution in [1.82, 2.24) is 10.2 Å². The largest absolute Gasteiger partial charge is 0.466 e. The molecule has 2 atom stereocenters. The molecule has 2 aliphatic heterocycles. The third-order valence-corrected chi connectivity index (χ3v) is 5.27. The maximum Gasteiger partial charge on any atom is 0.257 e. The number of piperidine rings is 1. The summed E-state index contributed by atoms with van der Waals surface area (Å²) in [5, 5.41) is 3.65. The number of rotatable bonds is 3. The molecule has 0 aliphatic carbocycles. The molecule has 0 radical (unpaired) electrons. The van der Waals surface area contributed by atoms with E-state index in [4.69, 9.17) is 4.42 Å². The van der Waals surface area contributed by atoms with Crippen molar-refractivity contribution in [2.24, 2.45) is 0 Å². The highest BCUT2D eigenvalue weighted by Crippen LogP contribution is 2.31. The van der Waals surface area contributed by atoms with Crippen molar-refractivity contribution in [2.45, 2.75) is 71.5 Å². The first-order valence-corrected chi connectivity index (χ1v) is 8.14. The standard InChI is InChI=1S/C17H26N2O2/c1-5-19(15-8-13-6-7-14(9-15)18-13)17(20)16-10(2)11(3)21-12(16)4/h13-15,18H,5-9H2,1-4H3. The molecule has 0 spiro atoms. The highest BCUT2D eigenvalue weighted by molar-refractivity contribution is 5.97. The molecule has 2 saturated heterocycles. The molecule has 1 aromatic rings. The molecule has 2 fully saturated rings. The normalized spacial score (nSPS) is 27.9. The van der Waals surface area contributed by atoms with E-state index in [0.29, 0.717) is 18.1 Å². The van der Waals surface area contributed by atoms with E-state index in [2.05, 4.69) is 17.1 Å². The van der Waals surface area contributed by atoms with Crippen LogP contribution in [0.4, 0.5) is 0 Å². The third-order valence-electron chi connectivity index (χ3n) is 5.27. The van der Waals surface area contributed by atoms with Gasteiger partial charge in [-0.3, -0.25) is 4.79 Å². The van der Waals surface area contributed by atoms with Gasteiger partial charge in [-0.1, -0.05) is 0 Å². The Morgan fingerprint density at radius 3 is 2.29 bits per heavy atom. The monoisotopic (exact) mass is 290 g/mol. The summed E-state index contributed by atoms with van der Waals surface area (Å²) in [5.41, 5.74) is 1.77. The van der Waals surface area contributed by atoms with Gasteiger partial charge in [0.2, 0.25) is 0 Å². The van der Waals surface area contributed by atoms with Crippen molar-refractivity contribution in [2.75, 3.05) is 6.54 Å². The van der Waals surface area contributed by atoms with Crippen molar-refractivity contribution in [3.05, 3.63) is 22.6 Å². The predicted octanol–water partition coefficient (Wildman–Crippen LogP) is 2.95. The smallest absolute Gasteiger partial charge is 0.257 e. The fourth-order valence-corrected chi connectivity index (χ4v) is 4.10. The Balaban J connectivity index is 1.84. The fourth-order valence-electron chi connectivity index (χ4n) is 4.10. The minimum absolute atomic E-state index is 0.149. The van der Waals surface area contributed by atoms with Gasteiger partial charge >= 0.3 is 0 Å². The summed E-state index contributed by atoms with van der Waals surface area (Å²) in [7, 11) is 0. The van der Waals surface area contributed by atoms with Crippen LogP contribution < -0.4 is 5.32 Å². The summed E-state index contributed by atoms with van der Waals surface area (Å²) in [6.45, 7) is 8.66. The van der Waals surface area contributed by atoms with Gasteiger partial charge in [-0.05, 0) is 53.4 Å². The van der Waals surface area contributed by atoms with E-state index in [1.807, 2.05) is 20.8 Å². The minimum Gasteiger partial charge on any atom is -0.466 e. The number of hydrogen-bond donors (Lipinski definition) is 1. The van der Waals surface area contributed by atoms with E-state index >= 15 is 0 Å². The van der Waals surface area contributed by atoms with Crippen LogP contribution in [0, 0.1) is 20.8 Å². The predicted molar refractivity (Wildman–Crippen MR) is 82.6 cm³/mol. The number of amides is 1. The van der Waals surface area contributed by atoms with Crippen LogP contribution in [0.5, 0.6) is 0 Å². The summed E-state index contributed by atoms with van der Waals surface area (Å²) in [4.78, 5) is 15.1. The van der Waals surface area contributed by atoms with Gasteiger partial charge in [-0.2, -0.15) is 0 Å². The third kappa shape index (κ3) is 2.50. The molecule has 4 heteroatoms. The molecule has 2 unspecified atom stereocenters. The van der Waals surface area contributed by atoms with Crippen molar-refractivity contribution in [1.29, 1.82) is 0 Å². The van der Waals surface area contributed by atoms with Crippen molar-refractivity contribution in [3.63, 3.8) is 0 Å². The molecule has 2 aliphatic rings. The van der Waals surface area contributed by atoms with Gasteiger partial charge < -0.3 is 14.6 Å². The molecule has 3 heterocycles. The van der Waals surface area contributed by atoms with E-state index in [0.717, 1.165) is 42.0 Å². The topological polar surface area (TPSA) is 45.5 Å². The number of fused-ring (bicyclic) bond motifs is 2. The maximum atomic E-state index is 13.0. The van der Waals surface area contributed by atoms with Crippen LogP contribution in [0.15, 0.2) is 4.42 Å². The first-order chi connectivity index (χ1) is 10.0. The van der Waals surface area contributed by atoms with Crippen molar-refractivity contribution < 1.29 is 9.21 Å². The number of carbonyl (C=O) groups excluding carboxylic acids is 1. The average Bonchev–Trinajstić information content (AvgIpc) is 2.90. The lowest BCUT2D eigenvalue weighted by molar-refractivity contribution is 0.0628. The quantitative estimate of drug-likeness (QED) is 0.931. The molecule has 0 aromatic carbocycles. The molecule has 3 rings (SSSR count). The zero-order valence-corrected chi connectivity index (χ0v) is 13.5. The second-order valence-corrected chi connectivity index (χ2v) is 6.57. The zero-order chi connectivity index (χ0) is 15.1. The van der Waals surface area contributed by atoms with Crippen LogP contribution in [0.1, 0.15) is 60.0 Å². The number of nitrogens with zero attached hydrogens (tertiary/aromatic N) is 1. The van der Waals surface area contributed by atoms with Crippen LogP contribution in [-0.4, -0.2) is 35.5 Å². The second kappa shape index (κ2) is 5.48. The minimum atomic E-state index is 0.149. The van der Waals surface area contributed by atoms with Crippen LogP contribution in [0.25, 0.3) is 0 Å². The lowest BCUT2D eigenvalue weighted by atomic mass is 9.97. The molecule has 21 heavy (non-hydrogen) atoms. The van der Waals surface area contributed by atoms with E-state index < -0.39 is 0 Å². The molecule has 1 N–H and O–H groups in total. The Labute approximate surface area is 126 Å². The Morgan fingerprint density at radius 2 is 1.81 bits per heavy atom. The lowest BCUT2D eigenvalue weighted by Crippen LogP contribution is -2.50. The van der Waals surface area contributed by atoms with E-state index in [1.54, 1.807) is 0 Å². The molecule has 116 valence electrons. The Bertz CT molecular complexity index is 537. The molecule has 1 aromatic heterocycles. The summed E-state index contributed by atoms with van der Waals surface area (Å²) >= 11 is 0. The molecular formula is C17H26N2O2. The zero-order valence-electron chi connectivity index (χ0n) is 13.5. The summed E-state index contributed by atoms with van der Waals surface area (Å²) < 4.78 is 5.64. The second-order valence-electron chi connectivity index (χ2n) is 6.57. The highest BCUT2D eigenvalue weighted by atomic mass is 16.3. The van der Waals surface area contributed by atoms with Crippen LogP contribution in [-0.2, 0) is 0 Å². The van der Waals surface area contributed by atoms with Crippen molar-refractivity contribution >= 4 is 5.91 Å². The van der Waals surface area contributed by atoms with Gasteiger partial charge in [0.15, 0.2) is 0 Å². The molecular weight excluding hydrogens is 264 g/mol. The Morgan fingerprint density at radius 1 is 1.19 bits per heavy atom. The van der Waals surface area contributed by atoms with Gasteiger partial charge in [0.05, 0.1) is 5.56 Å². The van der Waals surface area contributed by atoms with Crippen LogP contribution >= 0.6 is 0 Å². The first-order valence-electron chi connectivity index (χ1n) is 8.14. The lowest BCUT2D eigenvalue weighted by Gasteiger charge is -2.37. The van der Waals surface area contributed by atoms with E-state index in [-0.39, 0.29) is 5.91 Å². The average molecular weight is 290 g/mol. The Hall–Kier alpha value is -1.29. The van der Waals surface area contributed by atoms with Gasteiger partial charge in [0.25, 0.3) is 5.91 Å². The van der Waals surface area contributed by atoms with Gasteiger partial charge in [-0.15, -0.1) is 0 Å². The SMILES string of the molecule is CCN(C(=O)c1c(C)oc(C)c1C)C1CC2CCC(C1)N2. The van der Waals surface area contributed by atoms with Crippen LogP contribution in [0.3, 0.4) is 0 Å². The van der Waals surface area contributed by atoms with E-state index in [9.17, 15) is 4.79 Å². The number of aryl methyl sites for hydroxylation is 2.